The maximum Gasteiger partial charge on any atom is 0.248 e. The molecule has 2 aromatic carbocycles. The summed E-state index contributed by atoms with van der Waals surface area (Å²) in [6, 6.07) is 14.5. The molecule has 0 aliphatic rings. The van der Waals surface area contributed by atoms with Gasteiger partial charge >= 0.3 is 0 Å². The van der Waals surface area contributed by atoms with Crippen LogP contribution in [0.1, 0.15) is 35.7 Å². The van der Waals surface area contributed by atoms with E-state index in [1.54, 1.807) is 24.3 Å². The number of carbonyl (C=O) groups is 2. The average molecular weight is 311 g/mol. The smallest absolute Gasteiger partial charge is 0.248 e. The molecule has 23 heavy (non-hydrogen) atoms. The highest BCUT2D eigenvalue weighted by Gasteiger charge is 2.05. The van der Waals surface area contributed by atoms with Crippen molar-refractivity contribution in [1.82, 2.24) is 0 Å². The van der Waals surface area contributed by atoms with Crippen LogP contribution in [0.4, 0.5) is 11.4 Å². The molecular formula is C18H21N3O2. The predicted octanol–water partition coefficient (Wildman–Crippen LogP) is 2.96. The van der Waals surface area contributed by atoms with Gasteiger partial charge in [-0.2, -0.15) is 0 Å². The van der Waals surface area contributed by atoms with E-state index in [2.05, 4.69) is 24.5 Å². The molecule has 5 nitrogen and oxygen atoms in total. The summed E-state index contributed by atoms with van der Waals surface area (Å²) in [5, 5.41) is 5.87. The summed E-state index contributed by atoms with van der Waals surface area (Å²) < 4.78 is 0. The molecule has 0 aliphatic heterocycles. The van der Waals surface area contributed by atoms with Gasteiger partial charge in [0.15, 0.2) is 0 Å². The Kier molecular flexibility index (Phi) is 5.36. The van der Waals surface area contributed by atoms with Crippen molar-refractivity contribution in [2.24, 2.45) is 5.73 Å². The van der Waals surface area contributed by atoms with Gasteiger partial charge in [0.05, 0.1) is 6.54 Å². The van der Waals surface area contributed by atoms with Crippen LogP contribution in [0.15, 0.2) is 48.5 Å². The number of hydrogen-bond donors (Lipinski definition) is 3. The molecule has 0 saturated carbocycles. The molecule has 0 aliphatic carbocycles. The molecule has 0 aromatic heterocycles. The molecule has 5 heteroatoms. The van der Waals surface area contributed by atoms with Crippen molar-refractivity contribution in [1.29, 1.82) is 0 Å². The molecular weight excluding hydrogens is 290 g/mol. The molecule has 0 radical (unpaired) electrons. The lowest BCUT2D eigenvalue weighted by Crippen LogP contribution is -2.21. The molecule has 2 aromatic rings. The largest absolute Gasteiger partial charge is 0.376 e. The average Bonchev–Trinajstić information content (AvgIpc) is 2.53. The Morgan fingerprint density at radius 3 is 2.35 bits per heavy atom. The van der Waals surface area contributed by atoms with Gasteiger partial charge in [0.25, 0.3) is 0 Å². The Morgan fingerprint density at radius 1 is 1.04 bits per heavy atom. The van der Waals surface area contributed by atoms with Crippen LogP contribution in [0.2, 0.25) is 0 Å². The fourth-order valence-electron chi connectivity index (χ4n) is 2.12. The minimum Gasteiger partial charge on any atom is -0.376 e. The normalized spacial score (nSPS) is 10.4. The zero-order valence-corrected chi connectivity index (χ0v) is 13.3. The van der Waals surface area contributed by atoms with E-state index in [1.807, 2.05) is 24.3 Å². The van der Waals surface area contributed by atoms with Gasteiger partial charge in [-0.1, -0.05) is 26.0 Å². The van der Waals surface area contributed by atoms with Crippen molar-refractivity contribution in [2.75, 3.05) is 17.2 Å². The van der Waals surface area contributed by atoms with Crippen LogP contribution in [-0.2, 0) is 4.79 Å². The third kappa shape index (κ3) is 4.85. The number of anilines is 2. The lowest BCUT2D eigenvalue weighted by Gasteiger charge is -2.10. The highest BCUT2D eigenvalue weighted by Crippen LogP contribution is 2.18. The molecule has 120 valence electrons. The number of nitrogens with one attached hydrogen (secondary N) is 2. The second-order valence-electron chi connectivity index (χ2n) is 5.62. The topological polar surface area (TPSA) is 84.2 Å². The van der Waals surface area contributed by atoms with Gasteiger partial charge in [0.2, 0.25) is 11.8 Å². The van der Waals surface area contributed by atoms with E-state index in [-0.39, 0.29) is 12.5 Å². The fourth-order valence-corrected chi connectivity index (χ4v) is 2.12. The van der Waals surface area contributed by atoms with Crippen LogP contribution in [0.25, 0.3) is 0 Å². The van der Waals surface area contributed by atoms with Crippen LogP contribution in [-0.4, -0.2) is 18.4 Å². The van der Waals surface area contributed by atoms with Crippen LogP contribution >= 0.6 is 0 Å². The SMILES string of the molecule is CC(C)c1cccc(NC(=O)CNc2ccc(C(N)=O)cc2)c1. The van der Waals surface area contributed by atoms with Crippen molar-refractivity contribution in [2.45, 2.75) is 19.8 Å². The van der Waals surface area contributed by atoms with Crippen molar-refractivity contribution < 1.29 is 9.59 Å². The Labute approximate surface area is 135 Å². The molecule has 0 bridgehead atoms. The quantitative estimate of drug-likeness (QED) is 0.767. The van der Waals surface area contributed by atoms with Gasteiger partial charge < -0.3 is 16.4 Å². The van der Waals surface area contributed by atoms with Crippen molar-refractivity contribution in [3.8, 4) is 0 Å². The first kappa shape index (κ1) is 16.5. The number of primary amides is 1. The van der Waals surface area contributed by atoms with Gasteiger partial charge in [-0.15, -0.1) is 0 Å². The van der Waals surface area contributed by atoms with Crippen molar-refractivity contribution in [3.05, 3.63) is 59.7 Å². The van der Waals surface area contributed by atoms with Crippen LogP contribution in [0.3, 0.4) is 0 Å². The minimum absolute atomic E-state index is 0.134. The van der Waals surface area contributed by atoms with Gasteiger partial charge in [-0.05, 0) is 47.9 Å². The molecule has 0 unspecified atom stereocenters. The monoisotopic (exact) mass is 311 g/mol. The van der Waals surface area contributed by atoms with E-state index in [9.17, 15) is 9.59 Å². The molecule has 2 rings (SSSR count). The third-order valence-electron chi connectivity index (χ3n) is 3.46. The van der Waals surface area contributed by atoms with Gasteiger partial charge in [-0.25, -0.2) is 0 Å². The highest BCUT2D eigenvalue weighted by atomic mass is 16.2. The Bertz CT molecular complexity index is 694. The Balaban J connectivity index is 1.90. The summed E-state index contributed by atoms with van der Waals surface area (Å²) >= 11 is 0. The summed E-state index contributed by atoms with van der Waals surface area (Å²) in [4.78, 5) is 23.0. The first-order chi connectivity index (χ1) is 11.0. The van der Waals surface area contributed by atoms with E-state index in [0.717, 1.165) is 11.4 Å². The number of nitrogens with two attached hydrogens (primary N) is 1. The number of hydrogen-bond acceptors (Lipinski definition) is 3. The predicted molar refractivity (Wildman–Crippen MR) is 92.6 cm³/mol. The lowest BCUT2D eigenvalue weighted by molar-refractivity contribution is -0.114. The Hall–Kier alpha value is -2.82. The molecule has 0 saturated heterocycles. The van der Waals surface area contributed by atoms with E-state index >= 15 is 0 Å². The number of amides is 2. The summed E-state index contributed by atoms with van der Waals surface area (Å²) in [5.74, 6) is -0.196. The minimum atomic E-state index is -0.473. The lowest BCUT2D eigenvalue weighted by atomic mass is 10.0. The maximum atomic E-state index is 12.0. The zero-order chi connectivity index (χ0) is 16.8. The molecule has 0 heterocycles. The second-order valence-corrected chi connectivity index (χ2v) is 5.62. The van der Waals surface area contributed by atoms with Crippen LogP contribution in [0, 0.1) is 0 Å². The molecule has 0 fully saturated rings. The van der Waals surface area contributed by atoms with Crippen molar-refractivity contribution >= 4 is 23.2 Å². The van der Waals surface area contributed by atoms with Crippen LogP contribution < -0.4 is 16.4 Å². The first-order valence-electron chi connectivity index (χ1n) is 7.49. The first-order valence-corrected chi connectivity index (χ1v) is 7.49. The molecule has 0 atom stereocenters. The van der Waals surface area contributed by atoms with E-state index < -0.39 is 5.91 Å². The van der Waals surface area contributed by atoms with Gasteiger partial charge in [0, 0.05) is 16.9 Å². The third-order valence-corrected chi connectivity index (χ3v) is 3.46. The Morgan fingerprint density at radius 2 is 1.74 bits per heavy atom. The maximum absolute atomic E-state index is 12.0. The molecule has 2 amide bonds. The second kappa shape index (κ2) is 7.45. The molecule has 0 spiro atoms. The van der Waals surface area contributed by atoms with E-state index in [4.69, 9.17) is 5.73 Å². The summed E-state index contributed by atoms with van der Waals surface area (Å²) in [6.45, 7) is 4.36. The highest BCUT2D eigenvalue weighted by molar-refractivity contribution is 5.94. The van der Waals surface area contributed by atoms with E-state index in [0.29, 0.717) is 11.5 Å². The summed E-state index contributed by atoms with van der Waals surface area (Å²) in [5.41, 5.74) is 8.33. The zero-order valence-electron chi connectivity index (χ0n) is 13.3. The van der Waals surface area contributed by atoms with Crippen molar-refractivity contribution in [3.63, 3.8) is 0 Å². The van der Waals surface area contributed by atoms with Crippen LogP contribution in [0.5, 0.6) is 0 Å². The number of rotatable bonds is 6. The molecule has 4 N–H and O–H groups in total. The van der Waals surface area contributed by atoms with Gasteiger partial charge in [-0.3, -0.25) is 9.59 Å². The summed E-state index contributed by atoms with van der Waals surface area (Å²) in [7, 11) is 0. The summed E-state index contributed by atoms with van der Waals surface area (Å²) in [6.07, 6.45) is 0. The number of benzene rings is 2. The number of carbonyl (C=O) groups excluding carboxylic acids is 2. The van der Waals surface area contributed by atoms with E-state index in [1.165, 1.54) is 5.56 Å². The standard InChI is InChI=1S/C18H21N3O2/c1-12(2)14-4-3-5-16(10-14)21-17(22)11-20-15-8-6-13(7-9-15)18(19)23/h3-10,12,20H,11H2,1-2H3,(H2,19,23)(H,21,22). The fraction of sp³-hybridized carbons (Fsp3) is 0.222. The van der Waals surface area contributed by atoms with Gasteiger partial charge in [0.1, 0.15) is 0 Å².